The molecule has 0 radical (unpaired) electrons. The Morgan fingerprint density at radius 1 is 0.882 bits per heavy atom. The predicted octanol–water partition coefficient (Wildman–Crippen LogP) is 4.70. The molecule has 1 aliphatic rings. The van der Waals surface area contributed by atoms with E-state index in [2.05, 4.69) is 34.9 Å². The highest BCUT2D eigenvalue weighted by atomic mass is 16.5. The molecule has 2 amide bonds. The molecule has 34 heavy (non-hydrogen) atoms. The summed E-state index contributed by atoms with van der Waals surface area (Å²) < 4.78 is 5.54. The molecule has 182 valence electrons. The van der Waals surface area contributed by atoms with E-state index in [4.69, 9.17) is 9.84 Å². The fraction of sp³-hybridized carbons (Fsp3) is 0.444. The second-order valence-corrected chi connectivity index (χ2v) is 9.21. The van der Waals surface area contributed by atoms with Gasteiger partial charge in [-0.1, -0.05) is 61.9 Å². The molecule has 3 rings (SSSR count). The smallest absolute Gasteiger partial charge is 0.407 e. The van der Waals surface area contributed by atoms with Crippen molar-refractivity contribution in [2.45, 2.75) is 64.5 Å². The Labute approximate surface area is 200 Å². The number of carbonyl (C=O) groups excluding carboxylic acids is 2. The number of alkyl carbamates (subject to hydrolysis) is 1. The van der Waals surface area contributed by atoms with Crippen LogP contribution < -0.4 is 10.6 Å². The Balaban J connectivity index is 1.41. The Kier molecular flexibility index (Phi) is 8.68. The summed E-state index contributed by atoms with van der Waals surface area (Å²) in [7, 11) is 0. The lowest BCUT2D eigenvalue weighted by Crippen LogP contribution is -2.40. The number of rotatable bonds is 11. The predicted molar refractivity (Wildman–Crippen MR) is 131 cm³/mol. The lowest BCUT2D eigenvalue weighted by molar-refractivity contribution is -0.141. The molecule has 7 heteroatoms. The van der Waals surface area contributed by atoms with Gasteiger partial charge in [-0.05, 0) is 48.9 Å². The van der Waals surface area contributed by atoms with Crippen molar-refractivity contribution in [3.05, 3.63) is 59.7 Å². The highest BCUT2D eigenvalue weighted by Gasteiger charge is 2.29. The first-order valence-corrected chi connectivity index (χ1v) is 11.9. The minimum atomic E-state index is -0.801. The van der Waals surface area contributed by atoms with Gasteiger partial charge in [0.25, 0.3) is 0 Å². The number of aliphatic carboxylic acids is 1. The van der Waals surface area contributed by atoms with Crippen molar-refractivity contribution in [1.29, 1.82) is 0 Å². The molecule has 0 aliphatic heterocycles. The highest BCUT2D eigenvalue weighted by molar-refractivity contribution is 5.79. The maximum absolute atomic E-state index is 12.4. The Morgan fingerprint density at radius 2 is 1.47 bits per heavy atom. The topological polar surface area (TPSA) is 105 Å². The maximum Gasteiger partial charge on any atom is 0.407 e. The molecule has 0 bridgehead atoms. The van der Waals surface area contributed by atoms with Crippen LogP contribution in [0.1, 0.15) is 63.5 Å². The summed E-state index contributed by atoms with van der Waals surface area (Å²) in [4.78, 5) is 35.6. The van der Waals surface area contributed by atoms with E-state index in [0.717, 1.165) is 17.5 Å². The summed E-state index contributed by atoms with van der Waals surface area (Å²) in [5.74, 6) is -1.36. The van der Waals surface area contributed by atoms with Gasteiger partial charge in [-0.2, -0.15) is 0 Å². The number of amides is 2. The third kappa shape index (κ3) is 6.59. The van der Waals surface area contributed by atoms with Gasteiger partial charge in [0.2, 0.25) is 5.91 Å². The van der Waals surface area contributed by atoms with Gasteiger partial charge in [0.15, 0.2) is 0 Å². The van der Waals surface area contributed by atoms with E-state index >= 15 is 0 Å². The summed E-state index contributed by atoms with van der Waals surface area (Å²) in [6, 6.07) is 15.9. The minimum absolute atomic E-state index is 0.0125. The Hall–Kier alpha value is -3.35. The highest BCUT2D eigenvalue weighted by Crippen LogP contribution is 2.44. The fourth-order valence-electron chi connectivity index (χ4n) is 4.43. The molecule has 0 spiro atoms. The van der Waals surface area contributed by atoms with Crippen LogP contribution in [0.5, 0.6) is 0 Å². The van der Waals surface area contributed by atoms with Crippen molar-refractivity contribution in [2.75, 3.05) is 6.61 Å². The van der Waals surface area contributed by atoms with E-state index in [1.807, 2.05) is 31.2 Å². The summed E-state index contributed by atoms with van der Waals surface area (Å²) >= 11 is 0. The van der Waals surface area contributed by atoms with Crippen LogP contribution in [-0.2, 0) is 14.3 Å². The molecule has 0 heterocycles. The van der Waals surface area contributed by atoms with Crippen LogP contribution in [0, 0.1) is 5.92 Å². The van der Waals surface area contributed by atoms with E-state index in [9.17, 15) is 14.4 Å². The first-order valence-electron chi connectivity index (χ1n) is 11.9. The number of carboxylic acids is 1. The van der Waals surface area contributed by atoms with Crippen LogP contribution in [0.25, 0.3) is 11.1 Å². The second-order valence-electron chi connectivity index (χ2n) is 9.21. The molecule has 0 saturated heterocycles. The number of nitrogens with one attached hydrogen (secondary N) is 2. The van der Waals surface area contributed by atoms with Gasteiger partial charge in [-0.3, -0.25) is 9.59 Å². The number of carbonyl (C=O) groups is 3. The molecule has 2 aromatic carbocycles. The Morgan fingerprint density at radius 3 is 2.06 bits per heavy atom. The number of hydrogen-bond donors (Lipinski definition) is 3. The van der Waals surface area contributed by atoms with Gasteiger partial charge < -0.3 is 20.5 Å². The lowest BCUT2D eigenvalue weighted by Gasteiger charge is -2.19. The van der Waals surface area contributed by atoms with Crippen LogP contribution in [0.2, 0.25) is 0 Å². The molecule has 7 nitrogen and oxygen atoms in total. The van der Waals surface area contributed by atoms with Crippen molar-refractivity contribution in [1.82, 2.24) is 10.6 Å². The summed E-state index contributed by atoms with van der Waals surface area (Å²) in [6.45, 7) is 5.57. The standard InChI is InChI=1S/C27H34N2O5/c1-17(26(31)32)9-8-10-18(2)28-25(30)15-19(3)29-27(33)34-16-24-22-13-6-4-11-20(22)21-12-5-7-14-23(21)24/h4-7,11-14,17-19,24H,8-10,15-16H2,1-3H3,(H,28,30)(H,29,33)(H,31,32)/t17?,18?,19-/m1/s1. The summed E-state index contributed by atoms with van der Waals surface area (Å²) in [5, 5.41) is 14.6. The van der Waals surface area contributed by atoms with Crippen LogP contribution in [0.15, 0.2) is 48.5 Å². The van der Waals surface area contributed by atoms with Gasteiger partial charge in [0.05, 0.1) is 5.92 Å². The van der Waals surface area contributed by atoms with E-state index in [-0.39, 0.29) is 42.9 Å². The SMILES string of the molecule is CC(CCCC(C)C(=O)O)NC(=O)C[C@@H](C)NC(=O)OCC1c2ccccc2-c2ccccc21. The first-order chi connectivity index (χ1) is 16.3. The van der Waals surface area contributed by atoms with E-state index in [1.165, 1.54) is 11.1 Å². The number of carboxylic acid groups (broad SMARTS) is 1. The average molecular weight is 467 g/mol. The van der Waals surface area contributed by atoms with Gasteiger partial charge in [0, 0.05) is 24.4 Å². The summed E-state index contributed by atoms with van der Waals surface area (Å²) in [6.07, 6.45) is 1.60. The molecular formula is C27H34N2O5. The van der Waals surface area contributed by atoms with Crippen molar-refractivity contribution in [2.24, 2.45) is 5.92 Å². The first kappa shape index (κ1) is 25.3. The van der Waals surface area contributed by atoms with Crippen LogP contribution in [0.4, 0.5) is 4.79 Å². The molecule has 1 aliphatic carbocycles. The lowest BCUT2D eigenvalue weighted by atomic mass is 9.98. The van der Waals surface area contributed by atoms with Crippen LogP contribution >= 0.6 is 0 Å². The largest absolute Gasteiger partial charge is 0.481 e. The van der Waals surface area contributed by atoms with Gasteiger partial charge in [-0.25, -0.2) is 4.79 Å². The van der Waals surface area contributed by atoms with E-state index in [0.29, 0.717) is 12.8 Å². The van der Waals surface area contributed by atoms with Gasteiger partial charge in [-0.15, -0.1) is 0 Å². The third-order valence-corrected chi connectivity index (χ3v) is 6.30. The molecule has 2 aromatic rings. The Bertz CT molecular complexity index is 976. The zero-order valence-electron chi connectivity index (χ0n) is 20.0. The molecule has 3 N–H and O–H groups in total. The maximum atomic E-state index is 12.4. The number of benzene rings is 2. The zero-order chi connectivity index (χ0) is 24.7. The van der Waals surface area contributed by atoms with Crippen LogP contribution in [0.3, 0.4) is 0 Å². The minimum Gasteiger partial charge on any atom is -0.481 e. The van der Waals surface area contributed by atoms with E-state index in [1.54, 1.807) is 13.8 Å². The number of fused-ring (bicyclic) bond motifs is 3. The second kappa shape index (κ2) is 11.7. The molecule has 0 aromatic heterocycles. The van der Waals surface area contributed by atoms with E-state index < -0.39 is 12.1 Å². The quantitative estimate of drug-likeness (QED) is 0.445. The average Bonchev–Trinajstić information content (AvgIpc) is 3.11. The molecule has 0 saturated carbocycles. The molecule has 3 atom stereocenters. The van der Waals surface area contributed by atoms with Crippen molar-refractivity contribution in [3.8, 4) is 11.1 Å². The van der Waals surface area contributed by atoms with Crippen LogP contribution in [-0.4, -0.2) is 41.8 Å². The van der Waals surface area contributed by atoms with Crippen molar-refractivity contribution in [3.63, 3.8) is 0 Å². The molecule has 2 unspecified atom stereocenters. The normalized spacial score (nSPS) is 14.9. The zero-order valence-corrected chi connectivity index (χ0v) is 20.0. The monoisotopic (exact) mass is 466 g/mol. The number of hydrogen-bond acceptors (Lipinski definition) is 4. The summed E-state index contributed by atoms with van der Waals surface area (Å²) in [5.41, 5.74) is 4.64. The van der Waals surface area contributed by atoms with Gasteiger partial charge >= 0.3 is 12.1 Å². The number of ether oxygens (including phenoxy) is 1. The molecule has 0 fully saturated rings. The molecular weight excluding hydrogens is 432 g/mol. The third-order valence-electron chi connectivity index (χ3n) is 6.30. The van der Waals surface area contributed by atoms with Crippen molar-refractivity contribution >= 4 is 18.0 Å². The fourth-order valence-corrected chi connectivity index (χ4v) is 4.43. The van der Waals surface area contributed by atoms with Gasteiger partial charge in [0.1, 0.15) is 6.61 Å². The van der Waals surface area contributed by atoms with Crippen molar-refractivity contribution < 1.29 is 24.2 Å².